The molecule has 0 unspecified atom stereocenters. The van der Waals surface area contributed by atoms with Crippen LogP contribution in [0, 0.1) is 6.92 Å². The van der Waals surface area contributed by atoms with Gasteiger partial charge in [-0.3, -0.25) is 4.79 Å². The van der Waals surface area contributed by atoms with E-state index in [1.807, 2.05) is 72.1 Å². The summed E-state index contributed by atoms with van der Waals surface area (Å²) in [5.74, 6) is -0.544. The zero-order valence-electron chi connectivity index (χ0n) is 21.4. The number of esters is 1. The van der Waals surface area contributed by atoms with Crippen molar-refractivity contribution in [1.29, 1.82) is 0 Å². The van der Waals surface area contributed by atoms with Crippen molar-refractivity contribution >= 4 is 39.2 Å². The predicted octanol–water partition coefficient (Wildman–Crippen LogP) is 6.69. The third-order valence-corrected chi connectivity index (χ3v) is 7.06. The summed E-state index contributed by atoms with van der Waals surface area (Å²) in [5.41, 5.74) is 4.01. The first-order valence-corrected chi connectivity index (χ1v) is 13.2. The van der Waals surface area contributed by atoms with Gasteiger partial charge < -0.3 is 19.2 Å². The highest BCUT2D eigenvalue weighted by Crippen LogP contribution is 2.36. The highest BCUT2D eigenvalue weighted by molar-refractivity contribution is 7.15. The van der Waals surface area contributed by atoms with Crippen molar-refractivity contribution < 1.29 is 23.5 Å². The molecular weight excluding hydrogens is 514 g/mol. The Balaban J connectivity index is 1.38. The van der Waals surface area contributed by atoms with E-state index in [4.69, 9.17) is 13.9 Å². The SMILES string of the molecule is CCOC(=O)c1c(-c2ccccc2)csc1NC(=O)COc1ccc2c(-c3ccccc3)cc(=O)oc2c1C. The van der Waals surface area contributed by atoms with E-state index in [9.17, 15) is 14.4 Å². The Labute approximate surface area is 228 Å². The molecule has 0 saturated carbocycles. The lowest BCUT2D eigenvalue weighted by Gasteiger charge is -2.13. The van der Waals surface area contributed by atoms with E-state index in [1.165, 1.54) is 17.4 Å². The van der Waals surface area contributed by atoms with Crippen molar-refractivity contribution in [2.75, 3.05) is 18.5 Å². The van der Waals surface area contributed by atoms with Crippen LogP contribution in [0.25, 0.3) is 33.2 Å². The van der Waals surface area contributed by atoms with Crippen LogP contribution in [0.4, 0.5) is 5.00 Å². The maximum Gasteiger partial charge on any atom is 0.341 e. The third-order valence-electron chi connectivity index (χ3n) is 6.16. The summed E-state index contributed by atoms with van der Waals surface area (Å²) in [5, 5.41) is 5.75. The van der Waals surface area contributed by atoms with Crippen LogP contribution >= 0.6 is 11.3 Å². The number of hydrogen-bond donors (Lipinski definition) is 1. The van der Waals surface area contributed by atoms with E-state index in [-0.39, 0.29) is 13.2 Å². The fraction of sp³-hybridized carbons (Fsp3) is 0.129. The van der Waals surface area contributed by atoms with Gasteiger partial charge in [-0.2, -0.15) is 0 Å². The molecule has 0 atom stereocenters. The first-order valence-electron chi connectivity index (χ1n) is 12.4. The highest BCUT2D eigenvalue weighted by atomic mass is 32.1. The van der Waals surface area contributed by atoms with E-state index < -0.39 is 17.5 Å². The molecule has 3 aromatic carbocycles. The molecule has 0 saturated heterocycles. The molecule has 0 fully saturated rings. The van der Waals surface area contributed by atoms with Crippen LogP contribution in [0.5, 0.6) is 5.75 Å². The van der Waals surface area contributed by atoms with Gasteiger partial charge in [-0.1, -0.05) is 60.7 Å². The number of hydrogen-bond acceptors (Lipinski definition) is 7. The van der Waals surface area contributed by atoms with Crippen molar-refractivity contribution in [1.82, 2.24) is 0 Å². The fourth-order valence-electron chi connectivity index (χ4n) is 4.35. The Hall–Kier alpha value is -4.69. The molecule has 1 N–H and O–H groups in total. The largest absolute Gasteiger partial charge is 0.483 e. The number of fused-ring (bicyclic) bond motifs is 1. The maximum atomic E-state index is 12.9. The molecule has 0 aliphatic rings. The summed E-state index contributed by atoms with van der Waals surface area (Å²) in [6.07, 6.45) is 0. The van der Waals surface area contributed by atoms with Gasteiger partial charge >= 0.3 is 11.6 Å². The van der Waals surface area contributed by atoms with E-state index in [2.05, 4.69) is 5.32 Å². The molecule has 5 rings (SSSR count). The number of nitrogens with one attached hydrogen (secondary N) is 1. The summed E-state index contributed by atoms with van der Waals surface area (Å²) < 4.78 is 16.6. The Morgan fingerprint density at radius 3 is 2.26 bits per heavy atom. The molecule has 39 heavy (non-hydrogen) atoms. The number of benzene rings is 3. The molecule has 2 heterocycles. The fourth-order valence-corrected chi connectivity index (χ4v) is 5.32. The number of thiophene rings is 1. The van der Waals surface area contributed by atoms with Gasteiger partial charge in [0.2, 0.25) is 0 Å². The van der Waals surface area contributed by atoms with Crippen LogP contribution in [0.1, 0.15) is 22.8 Å². The molecule has 0 aliphatic heterocycles. The smallest absolute Gasteiger partial charge is 0.341 e. The number of rotatable bonds is 8. The maximum absolute atomic E-state index is 12.9. The van der Waals surface area contributed by atoms with Gasteiger partial charge in [0.15, 0.2) is 6.61 Å². The highest BCUT2D eigenvalue weighted by Gasteiger charge is 2.23. The Morgan fingerprint density at radius 1 is 0.923 bits per heavy atom. The number of carbonyl (C=O) groups is 2. The summed E-state index contributed by atoms with van der Waals surface area (Å²) in [7, 11) is 0. The van der Waals surface area contributed by atoms with Gasteiger partial charge in [0.1, 0.15) is 21.9 Å². The van der Waals surface area contributed by atoms with Crippen LogP contribution in [-0.2, 0) is 9.53 Å². The van der Waals surface area contributed by atoms with Crippen LogP contribution < -0.4 is 15.7 Å². The van der Waals surface area contributed by atoms with Crippen molar-refractivity contribution in [3.8, 4) is 28.0 Å². The summed E-state index contributed by atoms with van der Waals surface area (Å²) in [6.45, 7) is 3.41. The predicted molar refractivity (Wildman–Crippen MR) is 152 cm³/mol. The Morgan fingerprint density at radius 2 is 1.59 bits per heavy atom. The number of carbonyl (C=O) groups excluding carboxylic acids is 2. The van der Waals surface area contributed by atoms with Gasteiger partial charge in [-0.25, -0.2) is 9.59 Å². The van der Waals surface area contributed by atoms with E-state index in [0.29, 0.717) is 33.0 Å². The molecule has 5 aromatic rings. The molecule has 0 spiro atoms. The number of anilines is 1. The molecule has 0 radical (unpaired) electrons. The standard InChI is InChI=1S/C31H25NO6S/c1-3-36-31(35)28-24(21-12-8-5-9-13-21)18-39-30(28)32-26(33)17-37-25-15-14-22-23(20-10-6-4-7-11-20)16-27(34)38-29(22)19(25)2/h4-16,18H,3,17H2,1-2H3,(H,32,33). The van der Waals surface area contributed by atoms with E-state index >= 15 is 0 Å². The molecule has 0 aliphatic carbocycles. The van der Waals surface area contributed by atoms with Crippen LogP contribution in [0.3, 0.4) is 0 Å². The lowest BCUT2D eigenvalue weighted by atomic mass is 10.0. The summed E-state index contributed by atoms with van der Waals surface area (Å²) in [4.78, 5) is 38.0. The average Bonchev–Trinajstić information content (AvgIpc) is 3.37. The van der Waals surface area contributed by atoms with Gasteiger partial charge in [-0.05, 0) is 42.7 Å². The second kappa shape index (κ2) is 11.4. The first kappa shape index (κ1) is 25.9. The van der Waals surface area contributed by atoms with Gasteiger partial charge in [-0.15, -0.1) is 11.3 Å². The Kier molecular flexibility index (Phi) is 7.56. The van der Waals surface area contributed by atoms with Crippen molar-refractivity contribution in [3.05, 3.63) is 106 Å². The normalized spacial score (nSPS) is 10.8. The topological polar surface area (TPSA) is 94.8 Å². The molecule has 196 valence electrons. The van der Waals surface area contributed by atoms with Gasteiger partial charge in [0.25, 0.3) is 5.91 Å². The van der Waals surface area contributed by atoms with Crippen molar-refractivity contribution in [2.45, 2.75) is 13.8 Å². The number of amides is 1. The minimum Gasteiger partial charge on any atom is -0.483 e. The van der Waals surface area contributed by atoms with Crippen molar-refractivity contribution in [2.24, 2.45) is 0 Å². The second-order valence-corrected chi connectivity index (χ2v) is 9.57. The number of ether oxygens (including phenoxy) is 2. The van der Waals surface area contributed by atoms with Gasteiger partial charge in [0, 0.05) is 28.0 Å². The van der Waals surface area contributed by atoms with Crippen LogP contribution in [0.15, 0.2) is 93.5 Å². The quantitative estimate of drug-likeness (QED) is 0.174. The average molecular weight is 540 g/mol. The molecule has 8 heteroatoms. The minimum absolute atomic E-state index is 0.211. The first-order chi connectivity index (χ1) is 19.0. The molecule has 7 nitrogen and oxygen atoms in total. The number of aryl methyl sites for hydroxylation is 1. The third kappa shape index (κ3) is 5.46. The Bertz CT molecular complexity index is 1710. The molecular formula is C31H25NO6S. The molecule has 1 amide bonds. The molecule has 0 bridgehead atoms. The lowest BCUT2D eigenvalue weighted by Crippen LogP contribution is -2.21. The summed E-state index contributed by atoms with van der Waals surface area (Å²) in [6, 6.07) is 24.0. The van der Waals surface area contributed by atoms with Crippen LogP contribution in [-0.4, -0.2) is 25.1 Å². The zero-order valence-corrected chi connectivity index (χ0v) is 22.2. The van der Waals surface area contributed by atoms with Crippen molar-refractivity contribution in [3.63, 3.8) is 0 Å². The summed E-state index contributed by atoms with van der Waals surface area (Å²) >= 11 is 1.24. The van der Waals surface area contributed by atoms with E-state index in [0.717, 1.165) is 22.1 Å². The minimum atomic E-state index is -0.511. The van der Waals surface area contributed by atoms with E-state index in [1.54, 1.807) is 19.9 Å². The van der Waals surface area contributed by atoms with Crippen LogP contribution in [0.2, 0.25) is 0 Å². The lowest BCUT2D eigenvalue weighted by molar-refractivity contribution is -0.118. The monoisotopic (exact) mass is 539 g/mol. The molecule has 2 aromatic heterocycles. The second-order valence-electron chi connectivity index (χ2n) is 8.69. The zero-order chi connectivity index (χ0) is 27.4. The van der Waals surface area contributed by atoms with Gasteiger partial charge in [0.05, 0.1) is 6.61 Å².